The lowest BCUT2D eigenvalue weighted by atomic mass is 10.1. The van der Waals surface area contributed by atoms with E-state index < -0.39 is 16.1 Å². The number of rotatable bonds is 3. The molecule has 4 rings (SSSR count). The van der Waals surface area contributed by atoms with Gasteiger partial charge in [0.2, 0.25) is 10.0 Å². The van der Waals surface area contributed by atoms with E-state index in [1.54, 1.807) is 13.1 Å². The van der Waals surface area contributed by atoms with Crippen molar-refractivity contribution in [2.24, 2.45) is 0 Å². The Bertz CT molecular complexity index is 1030. The molecule has 2 N–H and O–H groups in total. The summed E-state index contributed by atoms with van der Waals surface area (Å²) >= 11 is 0. The number of aliphatic hydroxyl groups is 1. The van der Waals surface area contributed by atoms with Gasteiger partial charge in [0.15, 0.2) is 0 Å². The summed E-state index contributed by atoms with van der Waals surface area (Å²) in [6.45, 7) is 2.65. The van der Waals surface area contributed by atoms with Gasteiger partial charge in [0.05, 0.1) is 18.0 Å². The van der Waals surface area contributed by atoms with Gasteiger partial charge in [0, 0.05) is 30.7 Å². The van der Waals surface area contributed by atoms with Crippen molar-refractivity contribution in [2.45, 2.75) is 31.9 Å². The molecule has 0 aromatic carbocycles. The van der Waals surface area contributed by atoms with Crippen LogP contribution in [0, 0.1) is 0 Å². The predicted molar refractivity (Wildman–Crippen MR) is 94.7 cm³/mol. The van der Waals surface area contributed by atoms with Gasteiger partial charge in [0.1, 0.15) is 23.1 Å². The first kappa shape index (κ1) is 16.5. The molecule has 25 heavy (non-hydrogen) atoms. The Kier molecular flexibility index (Phi) is 3.82. The molecule has 0 aliphatic carbocycles. The maximum atomic E-state index is 11.8. The molecular weight excluding hydrogens is 342 g/mol. The van der Waals surface area contributed by atoms with E-state index in [1.807, 2.05) is 12.3 Å². The van der Waals surface area contributed by atoms with E-state index >= 15 is 0 Å². The number of sulfonamides is 1. The molecule has 0 saturated carbocycles. The molecule has 8 nitrogen and oxygen atoms in total. The number of H-pyrrole nitrogens is 1. The van der Waals surface area contributed by atoms with E-state index in [0.717, 1.165) is 22.1 Å². The molecule has 9 heteroatoms. The van der Waals surface area contributed by atoms with Crippen molar-refractivity contribution >= 4 is 32.1 Å². The van der Waals surface area contributed by atoms with Crippen molar-refractivity contribution in [3.05, 3.63) is 24.3 Å². The number of pyridine rings is 1. The lowest BCUT2D eigenvalue weighted by Crippen LogP contribution is -2.38. The van der Waals surface area contributed by atoms with Gasteiger partial charge in [-0.3, -0.25) is 0 Å². The van der Waals surface area contributed by atoms with Crippen LogP contribution in [-0.4, -0.2) is 56.7 Å². The number of imidazole rings is 1. The lowest BCUT2D eigenvalue weighted by molar-refractivity contribution is 0.175. The summed E-state index contributed by atoms with van der Waals surface area (Å²) in [6, 6.07) is 2.05. The van der Waals surface area contributed by atoms with Crippen LogP contribution in [-0.2, 0) is 10.0 Å². The highest BCUT2D eigenvalue weighted by Crippen LogP contribution is 2.34. The molecule has 1 fully saturated rings. The number of aliphatic hydroxyl groups excluding tert-OH is 1. The predicted octanol–water partition coefficient (Wildman–Crippen LogP) is 1.56. The van der Waals surface area contributed by atoms with Crippen LogP contribution < -0.4 is 0 Å². The molecule has 0 radical (unpaired) electrons. The summed E-state index contributed by atoms with van der Waals surface area (Å²) in [7, 11) is -3.17. The summed E-state index contributed by atoms with van der Waals surface area (Å²) in [5.41, 5.74) is 2.47. The fourth-order valence-corrected chi connectivity index (χ4v) is 4.58. The number of aromatic nitrogens is 4. The maximum Gasteiger partial charge on any atom is 0.211 e. The zero-order valence-electron chi connectivity index (χ0n) is 14.2. The fourth-order valence-electron chi connectivity index (χ4n) is 3.71. The van der Waals surface area contributed by atoms with Crippen LogP contribution in [0.4, 0.5) is 0 Å². The summed E-state index contributed by atoms with van der Waals surface area (Å²) < 4.78 is 27.1. The normalized spacial score (nSPS) is 19.0. The molecule has 3 aromatic heterocycles. The SMILES string of the molecule is CC(O)c1nc2cnc3[nH]ccc3c2n1C1CCN(S(C)(=O)=O)CC1. The molecular formula is C16H21N5O3S. The third kappa shape index (κ3) is 2.72. The Morgan fingerprint density at radius 3 is 2.72 bits per heavy atom. The van der Waals surface area contributed by atoms with Crippen LogP contribution in [0.25, 0.3) is 22.1 Å². The van der Waals surface area contributed by atoms with Crippen LogP contribution in [0.15, 0.2) is 18.5 Å². The third-order valence-electron chi connectivity index (χ3n) is 4.89. The first-order chi connectivity index (χ1) is 11.9. The summed E-state index contributed by atoms with van der Waals surface area (Å²) in [4.78, 5) is 12.1. The molecule has 1 atom stereocenters. The molecule has 1 unspecified atom stereocenters. The molecule has 1 saturated heterocycles. The Morgan fingerprint density at radius 2 is 2.08 bits per heavy atom. The monoisotopic (exact) mass is 363 g/mol. The second-order valence-electron chi connectivity index (χ2n) is 6.64. The zero-order chi connectivity index (χ0) is 17.8. The number of nitrogens with one attached hydrogen (secondary N) is 1. The molecule has 0 bridgehead atoms. The van der Waals surface area contributed by atoms with Gasteiger partial charge < -0.3 is 14.7 Å². The standard InChI is InChI=1S/C16H21N5O3S/c1-10(22)16-19-13-9-18-15-12(3-6-17-15)14(13)21(16)11-4-7-20(8-5-11)25(2,23)24/h3,6,9-11,22H,4-5,7-8H2,1-2H3,(H,17,18). The van der Waals surface area contributed by atoms with Gasteiger partial charge in [-0.15, -0.1) is 0 Å². The Morgan fingerprint density at radius 1 is 1.36 bits per heavy atom. The minimum Gasteiger partial charge on any atom is -0.385 e. The van der Waals surface area contributed by atoms with Crippen molar-refractivity contribution in [1.29, 1.82) is 0 Å². The van der Waals surface area contributed by atoms with Gasteiger partial charge >= 0.3 is 0 Å². The smallest absolute Gasteiger partial charge is 0.211 e. The summed E-state index contributed by atoms with van der Waals surface area (Å²) in [5.74, 6) is 0.600. The average Bonchev–Trinajstić information content (AvgIpc) is 3.17. The number of hydrogen-bond donors (Lipinski definition) is 2. The first-order valence-electron chi connectivity index (χ1n) is 8.33. The molecule has 134 valence electrons. The van der Waals surface area contributed by atoms with Crippen LogP contribution in [0.1, 0.15) is 37.7 Å². The number of nitrogens with zero attached hydrogens (tertiary/aromatic N) is 4. The highest BCUT2D eigenvalue weighted by atomic mass is 32.2. The van der Waals surface area contributed by atoms with Crippen molar-refractivity contribution in [3.8, 4) is 0 Å². The molecule has 3 aromatic rings. The maximum absolute atomic E-state index is 11.8. The van der Waals surface area contributed by atoms with Gasteiger partial charge in [-0.2, -0.15) is 0 Å². The Balaban J connectivity index is 1.83. The average molecular weight is 363 g/mol. The molecule has 1 aliphatic heterocycles. The molecule has 0 amide bonds. The van der Waals surface area contributed by atoms with Gasteiger partial charge in [-0.05, 0) is 25.8 Å². The van der Waals surface area contributed by atoms with Gasteiger partial charge in [0.25, 0.3) is 0 Å². The quantitative estimate of drug-likeness (QED) is 0.735. The molecule has 1 aliphatic rings. The van der Waals surface area contributed by atoms with E-state index in [2.05, 4.69) is 19.5 Å². The Labute approximate surface area is 145 Å². The van der Waals surface area contributed by atoms with E-state index in [-0.39, 0.29) is 6.04 Å². The fraction of sp³-hybridized carbons (Fsp3) is 0.500. The van der Waals surface area contributed by atoms with Crippen LogP contribution in [0.2, 0.25) is 0 Å². The van der Waals surface area contributed by atoms with Crippen LogP contribution >= 0.6 is 0 Å². The van der Waals surface area contributed by atoms with Crippen molar-refractivity contribution in [1.82, 2.24) is 23.8 Å². The number of aromatic amines is 1. The number of hydrogen-bond acceptors (Lipinski definition) is 5. The molecule has 0 spiro atoms. The van der Waals surface area contributed by atoms with Gasteiger partial charge in [-0.25, -0.2) is 22.7 Å². The first-order valence-corrected chi connectivity index (χ1v) is 10.2. The largest absolute Gasteiger partial charge is 0.385 e. The van der Waals surface area contributed by atoms with Gasteiger partial charge in [-0.1, -0.05) is 0 Å². The topological polar surface area (TPSA) is 104 Å². The highest BCUT2D eigenvalue weighted by molar-refractivity contribution is 7.88. The third-order valence-corrected chi connectivity index (χ3v) is 6.20. The van der Waals surface area contributed by atoms with Crippen LogP contribution in [0.3, 0.4) is 0 Å². The lowest BCUT2D eigenvalue weighted by Gasteiger charge is -2.32. The number of fused-ring (bicyclic) bond motifs is 3. The second-order valence-corrected chi connectivity index (χ2v) is 8.62. The second kappa shape index (κ2) is 5.79. The highest BCUT2D eigenvalue weighted by Gasteiger charge is 2.29. The molecule has 4 heterocycles. The zero-order valence-corrected chi connectivity index (χ0v) is 15.0. The van der Waals surface area contributed by atoms with Crippen molar-refractivity contribution in [2.75, 3.05) is 19.3 Å². The minimum absolute atomic E-state index is 0.0908. The van der Waals surface area contributed by atoms with E-state index in [1.165, 1.54) is 10.6 Å². The van der Waals surface area contributed by atoms with Crippen LogP contribution in [0.5, 0.6) is 0 Å². The Hall–Kier alpha value is -1.97. The van der Waals surface area contributed by atoms with Crippen molar-refractivity contribution in [3.63, 3.8) is 0 Å². The summed E-state index contributed by atoms with van der Waals surface area (Å²) in [6.07, 6.45) is 5.45. The minimum atomic E-state index is -3.17. The summed E-state index contributed by atoms with van der Waals surface area (Å²) in [5, 5.41) is 11.2. The van der Waals surface area contributed by atoms with E-state index in [4.69, 9.17) is 0 Å². The van der Waals surface area contributed by atoms with Crippen molar-refractivity contribution < 1.29 is 13.5 Å². The van der Waals surface area contributed by atoms with E-state index in [0.29, 0.717) is 31.8 Å². The number of piperidine rings is 1. The van der Waals surface area contributed by atoms with E-state index in [9.17, 15) is 13.5 Å².